The average molecular weight is 358 g/mol. The van der Waals surface area contributed by atoms with Gasteiger partial charge in [0.2, 0.25) is 5.95 Å². The molecule has 0 aliphatic heterocycles. The summed E-state index contributed by atoms with van der Waals surface area (Å²) in [6, 6.07) is 12.0. The van der Waals surface area contributed by atoms with E-state index in [4.69, 9.17) is 11.6 Å². The molecule has 128 valence electrons. The lowest BCUT2D eigenvalue weighted by Gasteiger charge is -2.10. The molecule has 5 nitrogen and oxygen atoms in total. The van der Waals surface area contributed by atoms with Gasteiger partial charge in [0.05, 0.1) is 6.20 Å². The van der Waals surface area contributed by atoms with Crippen molar-refractivity contribution in [3.8, 4) is 0 Å². The van der Waals surface area contributed by atoms with Gasteiger partial charge in [-0.05, 0) is 48.7 Å². The number of nitrogens with one attached hydrogen (secondary N) is 2. The van der Waals surface area contributed by atoms with Crippen LogP contribution >= 0.6 is 11.6 Å². The van der Waals surface area contributed by atoms with E-state index < -0.39 is 0 Å². The van der Waals surface area contributed by atoms with E-state index in [0.29, 0.717) is 23.3 Å². The van der Waals surface area contributed by atoms with Crippen LogP contribution in [0.25, 0.3) is 0 Å². The summed E-state index contributed by atoms with van der Waals surface area (Å²) in [5.74, 6) is 0.764. The maximum Gasteiger partial charge on any atom is 0.249 e. The molecular weight excluding hydrogens is 341 g/mol. The highest BCUT2D eigenvalue weighted by molar-refractivity contribution is 6.31. The number of rotatable bonds is 6. The number of halogens is 2. The van der Waals surface area contributed by atoms with Crippen molar-refractivity contribution in [3.05, 3.63) is 70.6 Å². The maximum absolute atomic E-state index is 12.9. The summed E-state index contributed by atoms with van der Waals surface area (Å²) in [5.41, 5.74) is 2.80. The Bertz CT molecular complexity index is 854. The Labute approximate surface area is 150 Å². The molecule has 1 heterocycles. The zero-order valence-corrected chi connectivity index (χ0v) is 14.4. The molecule has 0 saturated carbocycles. The quantitative estimate of drug-likeness (QED) is 0.685. The second-order valence-corrected chi connectivity index (χ2v) is 5.91. The molecular formula is C18H17ClFN5. The van der Waals surface area contributed by atoms with Crippen LogP contribution in [0.1, 0.15) is 11.1 Å². The Morgan fingerprint density at radius 3 is 2.72 bits per heavy atom. The maximum atomic E-state index is 12.9. The van der Waals surface area contributed by atoms with Crippen LogP contribution in [0.2, 0.25) is 5.02 Å². The van der Waals surface area contributed by atoms with Crippen LogP contribution in [-0.4, -0.2) is 21.7 Å². The van der Waals surface area contributed by atoms with Crippen LogP contribution in [0.15, 0.2) is 48.7 Å². The molecule has 0 bridgehead atoms. The van der Waals surface area contributed by atoms with E-state index >= 15 is 0 Å². The van der Waals surface area contributed by atoms with Crippen molar-refractivity contribution in [1.29, 1.82) is 0 Å². The third-order valence-electron chi connectivity index (χ3n) is 3.71. The fourth-order valence-electron chi connectivity index (χ4n) is 2.29. The second kappa shape index (κ2) is 7.90. The van der Waals surface area contributed by atoms with Crippen LogP contribution < -0.4 is 10.6 Å². The van der Waals surface area contributed by atoms with Crippen LogP contribution in [0, 0.1) is 12.7 Å². The first-order valence-corrected chi connectivity index (χ1v) is 8.20. The van der Waals surface area contributed by atoms with E-state index in [-0.39, 0.29) is 5.82 Å². The molecule has 3 rings (SSSR count). The number of hydrogen-bond donors (Lipinski definition) is 2. The van der Waals surface area contributed by atoms with E-state index in [1.54, 1.807) is 18.3 Å². The minimum Gasteiger partial charge on any atom is -0.368 e. The fraction of sp³-hybridized carbons (Fsp3) is 0.167. The summed E-state index contributed by atoms with van der Waals surface area (Å²) in [6.07, 6.45) is 2.31. The molecule has 0 saturated heterocycles. The van der Waals surface area contributed by atoms with Crippen LogP contribution in [0.4, 0.5) is 21.8 Å². The molecule has 0 aliphatic carbocycles. The normalized spacial score (nSPS) is 10.5. The predicted molar refractivity (Wildman–Crippen MR) is 97.9 cm³/mol. The van der Waals surface area contributed by atoms with Crippen LogP contribution in [-0.2, 0) is 6.42 Å². The monoisotopic (exact) mass is 357 g/mol. The largest absolute Gasteiger partial charge is 0.368 e. The number of hydrogen-bond acceptors (Lipinski definition) is 5. The third kappa shape index (κ3) is 4.64. The Hall–Kier alpha value is -2.73. The van der Waals surface area contributed by atoms with Crippen LogP contribution in [0.5, 0.6) is 0 Å². The van der Waals surface area contributed by atoms with Crippen molar-refractivity contribution in [2.45, 2.75) is 13.3 Å². The van der Waals surface area contributed by atoms with E-state index in [0.717, 1.165) is 23.2 Å². The van der Waals surface area contributed by atoms with Crippen molar-refractivity contribution in [3.63, 3.8) is 0 Å². The highest BCUT2D eigenvalue weighted by atomic mass is 35.5. The van der Waals surface area contributed by atoms with Gasteiger partial charge in [-0.25, -0.2) is 4.39 Å². The lowest BCUT2D eigenvalue weighted by Crippen LogP contribution is -2.09. The van der Waals surface area contributed by atoms with Gasteiger partial charge >= 0.3 is 0 Å². The molecule has 0 fully saturated rings. The second-order valence-electron chi connectivity index (χ2n) is 5.51. The van der Waals surface area contributed by atoms with Gasteiger partial charge < -0.3 is 10.6 Å². The molecule has 2 N–H and O–H groups in total. The van der Waals surface area contributed by atoms with Gasteiger partial charge in [-0.2, -0.15) is 10.1 Å². The molecule has 2 aromatic carbocycles. The smallest absolute Gasteiger partial charge is 0.249 e. The highest BCUT2D eigenvalue weighted by Gasteiger charge is 2.05. The first kappa shape index (κ1) is 17.1. The molecule has 7 heteroatoms. The molecule has 0 spiro atoms. The predicted octanol–water partition coefficient (Wildman–Crippen LogP) is 4.37. The summed E-state index contributed by atoms with van der Waals surface area (Å²) >= 11 is 6.12. The van der Waals surface area contributed by atoms with Gasteiger partial charge in [0, 0.05) is 17.3 Å². The number of benzene rings is 2. The molecule has 0 atom stereocenters. The Balaban J connectivity index is 1.61. The van der Waals surface area contributed by atoms with Gasteiger partial charge in [0.1, 0.15) is 5.82 Å². The number of aromatic nitrogens is 3. The van der Waals surface area contributed by atoms with Gasteiger partial charge in [-0.1, -0.05) is 29.8 Å². The van der Waals surface area contributed by atoms with E-state index in [2.05, 4.69) is 25.8 Å². The number of anilines is 3. The molecule has 1 aromatic heterocycles. The van der Waals surface area contributed by atoms with Gasteiger partial charge in [-0.3, -0.25) is 0 Å². The molecule has 0 amide bonds. The lowest BCUT2D eigenvalue weighted by atomic mass is 10.1. The summed E-state index contributed by atoms with van der Waals surface area (Å²) in [7, 11) is 0. The minimum atomic E-state index is -0.233. The van der Waals surface area contributed by atoms with Gasteiger partial charge in [0.25, 0.3) is 0 Å². The first-order chi connectivity index (χ1) is 12.1. The minimum absolute atomic E-state index is 0.233. The van der Waals surface area contributed by atoms with Crippen molar-refractivity contribution >= 4 is 29.1 Å². The topological polar surface area (TPSA) is 62.7 Å². The summed E-state index contributed by atoms with van der Waals surface area (Å²) < 4.78 is 12.9. The standard InChI is InChI=1S/C18H17ClFN5/c1-12-15(19)3-2-4-16(12)23-18-24-17(11-22-25-18)21-10-9-13-5-7-14(20)8-6-13/h2-8,11H,9-10H2,1H3,(H2,21,23,24,25). The van der Waals surface area contributed by atoms with E-state index in [1.165, 1.54) is 12.1 Å². The van der Waals surface area contributed by atoms with Gasteiger partial charge in [-0.15, -0.1) is 5.10 Å². The van der Waals surface area contributed by atoms with Crippen molar-refractivity contribution < 1.29 is 4.39 Å². The SMILES string of the molecule is Cc1c(Cl)cccc1Nc1nncc(NCCc2ccc(F)cc2)n1. The van der Waals surface area contributed by atoms with Gasteiger partial charge in [0.15, 0.2) is 5.82 Å². The average Bonchev–Trinajstić information content (AvgIpc) is 2.61. The molecule has 0 unspecified atom stereocenters. The lowest BCUT2D eigenvalue weighted by molar-refractivity contribution is 0.627. The van der Waals surface area contributed by atoms with Crippen LogP contribution in [0.3, 0.4) is 0 Å². The Morgan fingerprint density at radius 2 is 1.92 bits per heavy atom. The van der Waals surface area contributed by atoms with Crippen molar-refractivity contribution in [2.75, 3.05) is 17.2 Å². The zero-order chi connectivity index (χ0) is 17.6. The third-order valence-corrected chi connectivity index (χ3v) is 4.12. The number of nitrogens with zero attached hydrogens (tertiary/aromatic N) is 3. The fourth-order valence-corrected chi connectivity index (χ4v) is 2.47. The van der Waals surface area contributed by atoms with Crippen molar-refractivity contribution in [2.24, 2.45) is 0 Å². The van der Waals surface area contributed by atoms with Crippen molar-refractivity contribution in [1.82, 2.24) is 15.2 Å². The molecule has 0 aliphatic rings. The molecule has 25 heavy (non-hydrogen) atoms. The Morgan fingerprint density at radius 1 is 1.12 bits per heavy atom. The van der Waals surface area contributed by atoms with E-state index in [9.17, 15) is 4.39 Å². The highest BCUT2D eigenvalue weighted by Crippen LogP contribution is 2.24. The summed E-state index contributed by atoms with van der Waals surface area (Å²) in [4.78, 5) is 4.39. The van der Waals surface area contributed by atoms with E-state index in [1.807, 2.05) is 25.1 Å². The molecule has 3 aromatic rings. The Kier molecular flexibility index (Phi) is 5.40. The summed E-state index contributed by atoms with van der Waals surface area (Å²) in [5, 5.41) is 14.9. The molecule has 0 radical (unpaired) electrons. The first-order valence-electron chi connectivity index (χ1n) is 7.82. The summed E-state index contributed by atoms with van der Waals surface area (Å²) in [6.45, 7) is 2.57. The zero-order valence-electron chi connectivity index (χ0n) is 13.6.